The Kier molecular flexibility index (Phi) is 4.75. The molecule has 0 aliphatic heterocycles. The molecule has 2 rings (SSSR count). The van der Waals surface area contributed by atoms with Crippen LogP contribution in [0.2, 0.25) is 5.02 Å². The van der Waals surface area contributed by atoms with E-state index in [-0.39, 0.29) is 11.5 Å². The molecule has 2 N–H and O–H groups in total. The standard InChI is InChI=1S/C19H24ClN/c1-13-9-10-14(17(20)11-13)12-18(21)15-7-5-6-8-16(15)19(2,3)4/h5-11,18H,12,21H2,1-4H3. The molecular formula is C19H24ClN. The summed E-state index contributed by atoms with van der Waals surface area (Å²) < 4.78 is 0. The van der Waals surface area contributed by atoms with Gasteiger partial charge in [0.05, 0.1) is 0 Å². The fourth-order valence-electron chi connectivity index (χ4n) is 2.67. The second-order valence-electron chi connectivity index (χ2n) is 6.74. The number of hydrogen-bond acceptors (Lipinski definition) is 1. The lowest BCUT2D eigenvalue weighted by molar-refractivity contribution is 0.568. The van der Waals surface area contributed by atoms with Crippen LogP contribution in [0.1, 0.15) is 49.1 Å². The first-order chi connectivity index (χ1) is 9.79. The van der Waals surface area contributed by atoms with Crippen LogP contribution in [0.25, 0.3) is 0 Å². The van der Waals surface area contributed by atoms with E-state index in [2.05, 4.69) is 57.2 Å². The Balaban J connectivity index is 2.31. The van der Waals surface area contributed by atoms with Gasteiger partial charge in [-0.1, -0.05) is 68.8 Å². The zero-order chi connectivity index (χ0) is 15.6. The topological polar surface area (TPSA) is 26.0 Å². The summed E-state index contributed by atoms with van der Waals surface area (Å²) in [6, 6.07) is 14.6. The summed E-state index contributed by atoms with van der Waals surface area (Å²) in [6.45, 7) is 8.71. The molecule has 0 fully saturated rings. The van der Waals surface area contributed by atoms with Gasteiger partial charge < -0.3 is 5.73 Å². The highest BCUT2D eigenvalue weighted by Crippen LogP contribution is 2.31. The van der Waals surface area contributed by atoms with Crippen molar-refractivity contribution in [2.75, 3.05) is 0 Å². The van der Waals surface area contributed by atoms with Crippen molar-refractivity contribution >= 4 is 11.6 Å². The van der Waals surface area contributed by atoms with E-state index in [1.807, 2.05) is 13.0 Å². The smallest absolute Gasteiger partial charge is 0.0441 e. The van der Waals surface area contributed by atoms with Gasteiger partial charge >= 0.3 is 0 Å². The van der Waals surface area contributed by atoms with Crippen LogP contribution in [0.15, 0.2) is 42.5 Å². The molecule has 0 aliphatic rings. The van der Waals surface area contributed by atoms with Crippen molar-refractivity contribution in [2.45, 2.75) is 45.6 Å². The lowest BCUT2D eigenvalue weighted by Gasteiger charge is -2.26. The molecule has 0 bridgehead atoms. The Morgan fingerprint density at radius 2 is 1.76 bits per heavy atom. The number of rotatable bonds is 3. The Hall–Kier alpha value is -1.31. The first-order valence-electron chi connectivity index (χ1n) is 7.39. The van der Waals surface area contributed by atoms with E-state index in [1.165, 1.54) is 16.7 Å². The molecule has 112 valence electrons. The SMILES string of the molecule is Cc1ccc(CC(N)c2ccccc2C(C)(C)C)c(Cl)c1. The number of halogens is 1. The molecule has 2 aromatic rings. The summed E-state index contributed by atoms with van der Waals surface area (Å²) in [5, 5.41) is 0.804. The predicted octanol–water partition coefficient (Wildman–Crippen LogP) is 5.19. The van der Waals surface area contributed by atoms with E-state index in [4.69, 9.17) is 17.3 Å². The first kappa shape index (κ1) is 16.1. The zero-order valence-electron chi connectivity index (χ0n) is 13.3. The number of benzene rings is 2. The molecule has 2 aromatic carbocycles. The minimum atomic E-state index is -0.0411. The van der Waals surface area contributed by atoms with E-state index in [0.29, 0.717) is 0 Å². The van der Waals surface area contributed by atoms with Gasteiger partial charge in [0.2, 0.25) is 0 Å². The Morgan fingerprint density at radius 3 is 2.38 bits per heavy atom. The van der Waals surface area contributed by atoms with E-state index < -0.39 is 0 Å². The maximum absolute atomic E-state index is 6.47. The maximum atomic E-state index is 6.47. The highest BCUT2D eigenvalue weighted by molar-refractivity contribution is 6.31. The van der Waals surface area contributed by atoms with Gasteiger partial charge in [-0.15, -0.1) is 0 Å². The molecule has 0 saturated carbocycles. The van der Waals surface area contributed by atoms with E-state index in [0.717, 1.165) is 17.0 Å². The van der Waals surface area contributed by atoms with E-state index >= 15 is 0 Å². The van der Waals surface area contributed by atoms with Gasteiger partial charge in [0.1, 0.15) is 0 Å². The minimum absolute atomic E-state index is 0.0411. The molecule has 0 aromatic heterocycles. The Bertz CT molecular complexity index is 626. The number of hydrogen-bond donors (Lipinski definition) is 1. The monoisotopic (exact) mass is 301 g/mol. The molecule has 0 aliphatic carbocycles. The second kappa shape index (κ2) is 6.21. The van der Waals surface area contributed by atoms with Crippen LogP contribution in [-0.4, -0.2) is 0 Å². The van der Waals surface area contributed by atoms with Crippen LogP contribution in [-0.2, 0) is 11.8 Å². The fraction of sp³-hybridized carbons (Fsp3) is 0.368. The summed E-state index contributed by atoms with van der Waals surface area (Å²) in [5.41, 5.74) is 11.4. The van der Waals surface area contributed by atoms with Crippen LogP contribution in [0.5, 0.6) is 0 Å². The van der Waals surface area contributed by atoms with Crippen LogP contribution >= 0.6 is 11.6 Å². The van der Waals surface area contributed by atoms with Crippen molar-refractivity contribution in [1.82, 2.24) is 0 Å². The molecule has 0 radical (unpaired) electrons. The third kappa shape index (κ3) is 3.87. The molecule has 0 amide bonds. The van der Waals surface area contributed by atoms with Crippen molar-refractivity contribution in [3.63, 3.8) is 0 Å². The average Bonchev–Trinajstić information content (AvgIpc) is 2.41. The summed E-state index contributed by atoms with van der Waals surface area (Å²) in [5.74, 6) is 0. The third-order valence-corrected chi connectivity index (χ3v) is 4.17. The van der Waals surface area contributed by atoms with Gasteiger partial charge in [-0.3, -0.25) is 0 Å². The summed E-state index contributed by atoms with van der Waals surface area (Å²) in [6.07, 6.45) is 0.756. The average molecular weight is 302 g/mol. The Morgan fingerprint density at radius 1 is 1.10 bits per heavy atom. The largest absolute Gasteiger partial charge is 0.324 e. The molecule has 1 nitrogen and oxygen atoms in total. The van der Waals surface area contributed by atoms with Crippen molar-refractivity contribution in [1.29, 1.82) is 0 Å². The van der Waals surface area contributed by atoms with Crippen LogP contribution < -0.4 is 5.73 Å². The number of aryl methyl sites for hydroxylation is 1. The van der Waals surface area contributed by atoms with Crippen molar-refractivity contribution in [2.24, 2.45) is 5.73 Å². The molecule has 0 heterocycles. The van der Waals surface area contributed by atoms with Crippen molar-refractivity contribution in [3.05, 3.63) is 69.7 Å². The summed E-state index contributed by atoms with van der Waals surface area (Å²) in [4.78, 5) is 0. The molecule has 1 atom stereocenters. The highest BCUT2D eigenvalue weighted by atomic mass is 35.5. The van der Waals surface area contributed by atoms with E-state index in [1.54, 1.807) is 0 Å². The summed E-state index contributed by atoms with van der Waals surface area (Å²) >= 11 is 6.34. The van der Waals surface area contributed by atoms with Crippen LogP contribution in [0, 0.1) is 6.92 Å². The molecule has 0 saturated heterocycles. The highest BCUT2D eigenvalue weighted by Gasteiger charge is 2.21. The van der Waals surface area contributed by atoms with Gasteiger partial charge in [0.15, 0.2) is 0 Å². The second-order valence-corrected chi connectivity index (χ2v) is 7.15. The third-order valence-electron chi connectivity index (χ3n) is 3.82. The molecule has 0 spiro atoms. The predicted molar refractivity (Wildman–Crippen MR) is 92.0 cm³/mol. The molecule has 1 unspecified atom stereocenters. The van der Waals surface area contributed by atoms with E-state index in [9.17, 15) is 0 Å². The van der Waals surface area contributed by atoms with Gasteiger partial charge in [-0.05, 0) is 47.1 Å². The minimum Gasteiger partial charge on any atom is -0.324 e. The fourth-order valence-corrected chi connectivity index (χ4v) is 2.98. The Labute approximate surface area is 133 Å². The summed E-state index contributed by atoms with van der Waals surface area (Å²) in [7, 11) is 0. The maximum Gasteiger partial charge on any atom is 0.0441 e. The molecule has 21 heavy (non-hydrogen) atoms. The van der Waals surface area contributed by atoms with Crippen molar-refractivity contribution in [3.8, 4) is 0 Å². The van der Waals surface area contributed by atoms with Gasteiger partial charge in [-0.25, -0.2) is 0 Å². The molecule has 2 heteroatoms. The van der Waals surface area contributed by atoms with Crippen LogP contribution in [0.4, 0.5) is 0 Å². The van der Waals surface area contributed by atoms with Gasteiger partial charge in [0, 0.05) is 11.1 Å². The van der Waals surface area contributed by atoms with Crippen molar-refractivity contribution < 1.29 is 0 Å². The van der Waals surface area contributed by atoms with Crippen LogP contribution in [0.3, 0.4) is 0 Å². The quantitative estimate of drug-likeness (QED) is 0.829. The normalized spacial score (nSPS) is 13.2. The lowest BCUT2D eigenvalue weighted by Crippen LogP contribution is -2.21. The van der Waals surface area contributed by atoms with Gasteiger partial charge in [0.25, 0.3) is 0 Å². The lowest BCUT2D eigenvalue weighted by atomic mass is 9.81. The van der Waals surface area contributed by atoms with Gasteiger partial charge in [-0.2, -0.15) is 0 Å². The zero-order valence-corrected chi connectivity index (χ0v) is 14.0. The first-order valence-corrected chi connectivity index (χ1v) is 7.77. The molecular weight excluding hydrogens is 278 g/mol. The number of nitrogens with two attached hydrogens (primary N) is 1.